The van der Waals surface area contributed by atoms with Crippen LogP contribution in [0.4, 0.5) is 0 Å². The number of hydrogen-bond donors (Lipinski definition) is 0. The monoisotopic (exact) mass is 378 g/mol. The van der Waals surface area contributed by atoms with Gasteiger partial charge in [-0.15, -0.1) is 0 Å². The van der Waals surface area contributed by atoms with E-state index >= 15 is 0 Å². The van der Waals surface area contributed by atoms with Crippen LogP contribution >= 0.6 is 0 Å². The molecule has 0 saturated heterocycles. The minimum atomic E-state index is -0.487. The van der Waals surface area contributed by atoms with Crippen molar-refractivity contribution in [1.82, 2.24) is 0 Å². The van der Waals surface area contributed by atoms with Gasteiger partial charge in [0.15, 0.2) is 0 Å². The Morgan fingerprint density at radius 1 is 0.893 bits per heavy atom. The molecular weight excluding hydrogens is 352 g/mol. The molecule has 0 N–H and O–H groups in total. The van der Waals surface area contributed by atoms with Crippen molar-refractivity contribution in [3.8, 4) is 0 Å². The van der Waals surface area contributed by atoms with Crippen molar-refractivity contribution >= 4 is 24.1 Å². The normalized spacial score (nSPS) is 11.2. The number of carbonyl (C=O) groups is 2. The van der Waals surface area contributed by atoms with Crippen molar-refractivity contribution < 1.29 is 19.1 Å². The van der Waals surface area contributed by atoms with Crippen LogP contribution in [0, 0.1) is 5.41 Å². The van der Waals surface area contributed by atoms with E-state index in [4.69, 9.17) is 9.47 Å². The summed E-state index contributed by atoms with van der Waals surface area (Å²) in [6.07, 6.45) is 4.01. The number of rotatable bonds is 8. The Morgan fingerprint density at radius 2 is 1.43 bits per heavy atom. The SMILES string of the molecule is C=C(C)C(=O)OCC(C)(C)COC(=O)c1ccc(/C=C/c2ccccc2)cc1. The van der Waals surface area contributed by atoms with Gasteiger partial charge < -0.3 is 9.47 Å². The first-order valence-corrected chi connectivity index (χ1v) is 9.10. The number of esters is 2. The lowest BCUT2D eigenvalue weighted by molar-refractivity contribution is -0.142. The summed E-state index contributed by atoms with van der Waals surface area (Å²) in [5.41, 5.74) is 2.44. The van der Waals surface area contributed by atoms with Crippen molar-refractivity contribution in [1.29, 1.82) is 0 Å². The second kappa shape index (κ2) is 9.70. The van der Waals surface area contributed by atoms with E-state index in [1.165, 1.54) is 0 Å². The van der Waals surface area contributed by atoms with Gasteiger partial charge in [0.05, 0.1) is 18.8 Å². The first-order valence-electron chi connectivity index (χ1n) is 9.10. The predicted molar refractivity (Wildman–Crippen MR) is 112 cm³/mol. The first kappa shape index (κ1) is 21.2. The molecule has 0 bridgehead atoms. The largest absolute Gasteiger partial charge is 0.462 e. The molecule has 2 rings (SSSR count). The molecule has 0 saturated carbocycles. The molecule has 0 aliphatic carbocycles. The average Bonchev–Trinajstić information content (AvgIpc) is 2.70. The van der Waals surface area contributed by atoms with Crippen molar-refractivity contribution in [2.24, 2.45) is 5.41 Å². The number of benzene rings is 2. The molecule has 0 amide bonds. The lowest BCUT2D eigenvalue weighted by atomic mass is 9.96. The number of carbonyl (C=O) groups excluding carboxylic acids is 2. The summed E-state index contributed by atoms with van der Waals surface area (Å²) in [4.78, 5) is 23.8. The van der Waals surface area contributed by atoms with Gasteiger partial charge in [0, 0.05) is 11.0 Å². The van der Waals surface area contributed by atoms with E-state index in [-0.39, 0.29) is 13.2 Å². The van der Waals surface area contributed by atoms with E-state index in [0.29, 0.717) is 11.1 Å². The van der Waals surface area contributed by atoms with Crippen LogP contribution in [0.25, 0.3) is 12.2 Å². The lowest BCUT2D eigenvalue weighted by Crippen LogP contribution is -2.28. The Labute approximate surface area is 166 Å². The molecule has 0 atom stereocenters. The van der Waals surface area contributed by atoms with Crippen LogP contribution in [-0.2, 0) is 14.3 Å². The van der Waals surface area contributed by atoms with Gasteiger partial charge in [0.2, 0.25) is 0 Å². The summed E-state index contributed by atoms with van der Waals surface area (Å²) >= 11 is 0. The van der Waals surface area contributed by atoms with E-state index in [1.807, 2.05) is 68.5 Å². The molecule has 0 aromatic heterocycles. The highest BCUT2D eigenvalue weighted by molar-refractivity contribution is 5.90. The lowest BCUT2D eigenvalue weighted by Gasteiger charge is -2.23. The summed E-state index contributed by atoms with van der Waals surface area (Å²) in [7, 11) is 0. The fraction of sp³-hybridized carbons (Fsp3) is 0.250. The van der Waals surface area contributed by atoms with E-state index in [0.717, 1.165) is 11.1 Å². The second-order valence-electron chi connectivity index (χ2n) is 7.46. The second-order valence-corrected chi connectivity index (χ2v) is 7.46. The van der Waals surface area contributed by atoms with Crippen LogP contribution < -0.4 is 0 Å². The third kappa shape index (κ3) is 6.88. The Hall–Kier alpha value is -3.14. The zero-order valence-corrected chi connectivity index (χ0v) is 16.6. The van der Waals surface area contributed by atoms with Crippen LogP contribution in [0.1, 0.15) is 42.3 Å². The maximum atomic E-state index is 12.3. The minimum absolute atomic E-state index is 0.144. The first-order chi connectivity index (χ1) is 13.3. The minimum Gasteiger partial charge on any atom is -0.462 e. The Balaban J connectivity index is 1.87. The Kier molecular flexibility index (Phi) is 7.33. The van der Waals surface area contributed by atoms with E-state index in [9.17, 15) is 9.59 Å². The summed E-state index contributed by atoms with van der Waals surface area (Å²) in [5, 5.41) is 0. The maximum Gasteiger partial charge on any atom is 0.338 e. The summed E-state index contributed by atoms with van der Waals surface area (Å²) in [6.45, 7) is 9.15. The molecule has 0 fully saturated rings. The molecule has 4 nitrogen and oxygen atoms in total. The van der Waals surface area contributed by atoms with E-state index in [1.54, 1.807) is 19.1 Å². The highest BCUT2D eigenvalue weighted by Gasteiger charge is 2.23. The van der Waals surface area contributed by atoms with Gasteiger partial charge in [-0.05, 0) is 30.2 Å². The standard InChI is InChI=1S/C24H26O4/c1-18(2)22(25)27-16-24(3,4)17-28-23(26)21-14-12-20(13-15-21)11-10-19-8-6-5-7-9-19/h5-15H,1,16-17H2,2-4H3/b11-10+. The van der Waals surface area contributed by atoms with Crippen LogP contribution in [0.2, 0.25) is 0 Å². The van der Waals surface area contributed by atoms with Gasteiger partial charge in [-0.25, -0.2) is 9.59 Å². The summed E-state index contributed by atoms with van der Waals surface area (Å²) in [5.74, 6) is -0.851. The van der Waals surface area contributed by atoms with Crippen LogP contribution in [0.3, 0.4) is 0 Å². The van der Waals surface area contributed by atoms with Crippen molar-refractivity contribution in [3.63, 3.8) is 0 Å². The van der Waals surface area contributed by atoms with Gasteiger partial charge in [0.25, 0.3) is 0 Å². The van der Waals surface area contributed by atoms with Crippen LogP contribution in [0.15, 0.2) is 66.7 Å². The molecule has 0 unspecified atom stereocenters. The fourth-order valence-electron chi connectivity index (χ4n) is 2.26. The number of ether oxygens (including phenoxy) is 2. The summed E-state index contributed by atoms with van der Waals surface area (Å²) < 4.78 is 10.5. The van der Waals surface area contributed by atoms with Crippen molar-refractivity contribution in [2.45, 2.75) is 20.8 Å². The maximum absolute atomic E-state index is 12.3. The molecule has 0 heterocycles. The van der Waals surface area contributed by atoms with Crippen LogP contribution in [0.5, 0.6) is 0 Å². The molecule has 28 heavy (non-hydrogen) atoms. The van der Waals surface area contributed by atoms with Gasteiger partial charge in [-0.3, -0.25) is 0 Å². The molecule has 0 spiro atoms. The quantitative estimate of drug-likeness (QED) is 0.362. The Morgan fingerprint density at radius 3 is 2.00 bits per heavy atom. The highest BCUT2D eigenvalue weighted by atomic mass is 16.5. The van der Waals surface area contributed by atoms with Gasteiger partial charge in [0.1, 0.15) is 0 Å². The molecule has 0 aliphatic rings. The van der Waals surface area contributed by atoms with Crippen molar-refractivity contribution in [3.05, 3.63) is 83.4 Å². The van der Waals surface area contributed by atoms with Crippen LogP contribution in [-0.4, -0.2) is 25.2 Å². The van der Waals surface area contributed by atoms with Gasteiger partial charge >= 0.3 is 11.9 Å². The summed E-state index contributed by atoms with van der Waals surface area (Å²) in [6, 6.07) is 17.2. The molecular formula is C24H26O4. The molecule has 2 aromatic rings. The molecule has 4 heteroatoms. The average molecular weight is 378 g/mol. The topological polar surface area (TPSA) is 52.6 Å². The van der Waals surface area contributed by atoms with Crippen molar-refractivity contribution in [2.75, 3.05) is 13.2 Å². The third-order valence-corrected chi connectivity index (χ3v) is 3.95. The number of hydrogen-bond acceptors (Lipinski definition) is 4. The van der Waals surface area contributed by atoms with E-state index < -0.39 is 17.4 Å². The molecule has 0 radical (unpaired) electrons. The zero-order valence-electron chi connectivity index (χ0n) is 16.6. The fourth-order valence-corrected chi connectivity index (χ4v) is 2.26. The van der Waals surface area contributed by atoms with Gasteiger partial charge in [-0.2, -0.15) is 0 Å². The highest BCUT2D eigenvalue weighted by Crippen LogP contribution is 2.18. The third-order valence-electron chi connectivity index (χ3n) is 3.95. The molecule has 2 aromatic carbocycles. The van der Waals surface area contributed by atoms with Gasteiger partial charge in [-0.1, -0.05) is 75.0 Å². The zero-order chi connectivity index (χ0) is 20.6. The predicted octanol–water partition coefficient (Wildman–Crippen LogP) is 5.16. The smallest absolute Gasteiger partial charge is 0.338 e. The molecule has 0 aliphatic heterocycles. The molecule has 146 valence electrons. The van der Waals surface area contributed by atoms with E-state index in [2.05, 4.69) is 6.58 Å². The Bertz CT molecular complexity index is 846.